The van der Waals surface area contributed by atoms with E-state index in [4.69, 9.17) is 17.2 Å². The van der Waals surface area contributed by atoms with Crippen molar-refractivity contribution >= 4 is 29.7 Å². The van der Waals surface area contributed by atoms with Crippen molar-refractivity contribution in [3.63, 3.8) is 0 Å². The highest BCUT2D eigenvalue weighted by molar-refractivity contribution is 5.92. The lowest BCUT2D eigenvalue weighted by atomic mass is 10.1. The number of hydrogen-bond donors (Lipinski definition) is 5. The van der Waals surface area contributed by atoms with E-state index in [0.29, 0.717) is 25.8 Å². The SMILES string of the molecule is CN(CC(=O)N[C@@H](CCCN=C(N)N)C(=O)N1CCC[C@H]1C(=O)O)C(=O)CN. The lowest BCUT2D eigenvalue weighted by Crippen LogP contribution is -2.53. The first-order valence-corrected chi connectivity index (χ1v) is 8.99. The van der Waals surface area contributed by atoms with Crippen LogP contribution < -0.4 is 22.5 Å². The highest BCUT2D eigenvalue weighted by Crippen LogP contribution is 2.19. The number of nitrogens with zero attached hydrogens (tertiary/aromatic N) is 3. The van der Waals surface area contributed by atoms with E-state index in [-0.39, 0.29) is 32.0 Å². The molecule has 158 valence electrons. The maximum Gasteiger partial charge on any atom is 0.326 e. The fourth-order valence-corrected chi connectivity index (χ4v) is 2.95. The number of carbonyl (C=O) groups is 4. The summed E-state index contributed by atoms with van der Waals surface area (Å²) in [5.41, 5.74) is 15.8. The molecule has 0 aromatic rings. The van der Waals surface area contributed by atoms with Crippen molar-refractivity contribution in [3.8, 4) is 0 Å². The Hall–Kier alpha value is -2.89. The van der Waals surface area contributed by atoms with E-state index < -0.39 is 35.8 Å². The summed E-state index contributed by atoms with van der Waals surface area (Å²) in [6.45, 7) is 0.0618. The standard InChI is InChI=1S/C16H29N7O5/c1-22(13(25)8-17)9-12(24)21-10(4-2-6-20-16(18)19)14(26)23-7-3-5-11(23)15(27)28/h10-11H,2-9,17H2,1H3,(H,21,24)(H,27,28)(H4,18,19,20)/t10-,11-/m0/s1. The number of likely N-dealkylation sites (tertiary alicyclic amines) is 1. The van der Waals surface area contributed by atoms with E-state index in [9.17, 15) is 24.3 Å². The van der Waals surface area contributed by atoms with Gasteiger partial charge in [0, 0.05) is 20.1 Å². The van der Waals surface area contributed by atoms with E-state index in [1.54, 1.807) is 0 Å². The van der Waals surface area contributed by atoms with Crippen LogP contribution in [0.5, 0.6) is 0 Å². The van der Waals surface area contributed by atoms with E-state index in [2.05, 4.69) is 10.3 Å². The molecular formula is C16H29N7O5. The highest BCUT2D eigenvalue weighted by Gasteiger charge is 2.37. The molecular weight excluding hydrogens is 370 g/mol. The summed E-state index contributed by atoms with van der Waals surface area (Å²) in [5.74, 6) is -2.60. The zero-order valence-electron chi connectivity index (χ0n) is 16.0. The van der Waals surface area contributed by atoms with Crippen LogP contribution in [0.15, 0.2) is 4.99 Å². The zero-order chi connectivity index (χ0) is 21.3. The molecule has 12 nitrogen and oxygen atoms in total. The van der Waals surface area contributed by atoms with Crippen molar-refractivity contribution in [1.29, 1.82) is 0 Å². The average molecular weight is 399 g/mol. The number of rotatable bonds is 10. The van der Waals surface area contributed by atoms with Gasteiger partial charge in [0.25, 0.3) is 0 Å². The molecule has 1 fully saturated rings. The maximum absolute atomic E-state index is 12.9. The highest BCUT2D eigenvalue weighted by atomic mass is 16.4. The topological polar surface area (TPSA) is 197 Å². The summed E-state index contributed by atoms with van der Waals surface area (Å²) < 4.78 is 0. The predicted molar refractivity (Wildman–Crippen MR) is 101 cm³/mol. The number of carboxylic acids is 1. The number of carboxylic acid groups (broad SMARTS) is 1. The molecule has 0 aromatic heterocycles. The van der Waals surface area contributed by atoms with Crippen molar-refractivity contribution < 1.29 is 24.3 Å². The van der Waals surface area contributed by atoms with Gasteiger partial charge in [-0.25, -0.2) is 4.79 Å². The van der Waals surface area contributed by atoms with Crippen LogP contribution in [0.1, 0.15) is 25.7 Å². The lowest BCUT2D eigenvalue weighted by molar-refractivity contribution is -0.149. The molecule has 1 heterocycles. The molecule has 0 aromatic carbocycles. The van der Waals surface area contributed by atoms with Crippen LogP contribution in [0.2, 0.25) is 0 Å². The van der Waals surface area contributed by atoms with E-state index in [1.807, 2.05) is 0 Å². The number of aliphatic carboxylic acids is 1. The quantitative estimate of drug-likeness (QED) is 0.145. The largest absolute Gasteiger partial charge is 0.480 e. The summed E-state index contributed by atoms with van der Waals surface area (Å²) in [4.78, 5) is 54.2. The van der Waals surface area contributed by atoms with Crippen molar-refractivity contribution in [3.05, 3.63) is 0 Å². The minimum absolute atomic E-state index is 0.0840. The molecule has 1 saturated heterocycles. The third-order valence-electron chi connectivity index (χ3n) is 4.38. The molecule has 0 saturated carbocycles. The number of aliphatic imine (C=N–C) groups is 1. The summed E-state index contributed by atoms with van der Waals surface area (Å²) in [7, 11) is 1.42. The Balaban J connectivity index is 2.81. The average Bonchev–Trinajstić information content (AvgIpc) is 3.12. The monoisotopic (exact) mass is 399 g/mol. The van der Waals surface area contributed by atoms with Crippen LogP contribution in [0, 0.1) is 0 Å². The van der Waals surface area contributed by atoms with Crippen LogP contribution in [0.4, 0.5) is 0 Å². The summed E-state index contributed by atoms with van der Waals surface area (Å²) in [6, 6.07) is -1.85. The van der Waals surface area contributed by atoms with E-state index in [0.717, 1.165) is 4.90 Å². The van der Waals surface area contributed by atoms with Crippen LogP contribution in [0.25, 0.3) is 0 Å². The second-order valence-electron chi connectivity index (χ2n) is 6.55. The number of likely N-dealkylation sites (N-methyl/N-ethyl adjacent to an activating group) is 1. The Morgan fingerprint density at radius 1 is 1.32 bits per heavy atom. The van der Waals surface area contributed by atoms with Gasteiger partial charge in [-0.3, -0.25) is 19.4 Å². The van der Waals surface area contributed by atoms with Gasteiger partial charge >= 0.3 is 5.97 Å². The summed E-state index contributed by atoms with van der Waals surface area (Å²) in [6.07, 6.45) is 1.56. The van der Waals surface area contributed by atoms with Crippen LogP contribution in [-0.4, -0.2) is 89.9 Å². The first-order chi connectivity index (χ1) is 13.2. The first kappa shape index (κ1) is 23.1. The van der Waals surface area contributed by atoms with E-state index in [1.165, 1.54) is 11.9 Å². The third-order valence-corrected chi connectivity index (χ3v) is 4.38. The number of guanidine groups is 1. The second-order valence-corrected chi connectivity index (χ2v) is 6.55. The van der Waals surface area contributed by atoms with Gasteiger partial charge in [-0.05, 0) is 25.7 Å². The lowest BCUT2D eigenvalue weighted by Gasteiger charge is -2.28. The summed E-state index contributed by atoms with van der Waals surface area (Å²) >= 11 is 0. The second kappa shape index (κ2) is 11.1. The van der Waals surface area contributed by atoms with Gasteiger partial charge in [0.1, 0.15) is 12.1 Å². The van der Waals surface area contributed by atoms with Crippen LogP contribution in [0.3, 0.4) is 0 Å². The van der Waals surface area contributed by atoms with Gasteiger partial charge < -0.3 is 37.4 Å². The number of amides is 3. The fraction of sp³-hybridized carbons (Fsp3) is 0.688. The molecule has 0 spiro atoms. The zero-order valence-corrected chi connectivity index (χ0v) is 16.0. The van der Waals surface area contributed by atoms with Crippen molar-refractivity contribution in [2.45, 2.75) is 37.8 Å². The van der Waals surface area contributed by atoms with Gasteiger partial charge in [0.2, 0.25) is 17.7 Å². The fourth-order valence-electron chi connectivity index (χ4n) is 2.95. The molecule has 0 bridgehead atoms. The molecule has 8 N–H and O–H groups in total. The van der Waals surface area contributed by atoms with Gasteiger partial charge in [0.05, 0.1) is 13.1 Å². The third kappa shape index (κ3) is 7.02. The molecule has 1 rings (SSSR count). The van der Waals surface area contributed by atoms with Crippen molar-refractivity contribution in [1.82, 2.24) is 15.1 Å². The van der Waals surface area contributed by atoms with Gasteiger partial charge in [-0.15, -0.1) is 0 Å². The maximum atomic E-state index is 12.9. The molecule has 0 unspecified atom stereocenters. The number of nitrogens with two attached hydrogens (primary N) is 3. The van der Waals surface area contributed by atoms with Crippen LogP contribution in [-0.2, 0) is 19.2 Å². The number of hydrogen-bond acceptors (Lipinski definition) is 6. The predicted octanol–water partition coefficient (Wildman–Crippen LogP) is -2.98. The Kier molecular flexibility index (Phi) is 9.15. The molecule has 3 amide bonds. The Morgan fingerprint density at radius 3 is 2.57 bits per heavy atom. The minimum atomic E-state index is -1.08. The molecule has 1 aliphatic rings. The normalized spacial score (nSPS) is 16.9. The van der Waals surface area contributed by atoms with Gasteiger partial charge in [-0.1, -0.05) is 0 Å². The molecule has 0 radical (unpaired) electrons. The van der Waals surface area contributed by atoms with Gasteiger partial charge in [-0.2, -0.15) is 0 Å². The number of nitrogens with one attached hydrogen (secondary N) is 1. The van der Waals surface area contributed by atoms with Crippen LogP contribution >= 0.6 is 0 Å². The van der Waals surface area contributed by atoms with E-state index >= 15 is 0 Å². The smallest absolute Gasteiger partial charge is 0.326 e. The van der Waals surface area contributed by atoms with Gasteiger partial charge in [0.15, 0.2) is 5.96 Å². The molecule has 12 heteroatoms. The molecule has 2 atom stereocenters. The van der Waals surface area contributed by atoms with Crippen molar-refractivity contribution in [2.24, 2.45) is 22.2 Å². The molecule has 1 aliphatic heterocycles. The first-order valence-electron chi connectivity index (χ1n) is 8.99. The molecule has 0 aliphatic carbocycles. The summed E-state index contributed by atoms with van der Waals surface area (Å²) in [5, 5.41) is 11.9. The Bertz CT molecular complexity index is 621. The Labute approximate surface area is 163 Å². The number of carbonyl (C=O) groups excluding carboxylic acids is 3. The van der Waals surface area contributed by atoms with Crippen molar-refractivity contribution in [2.75, 3.05) is 33.2 Å². The Morgan fingerprint density at radius 2 is 2.00 bits per heavy atom. The molecule has 28 heavy (non-hydrogen) atoms. The minimum Gasteiger partial charge on any atom is -0.480 e.